The predicted octanol–water partition coefficient (Wildman–Crippen LogP) is 10.7. The van der Waals surface area contributed by atoms with Gasteiger partial charge in [0, 0.05) is 19.8 Å². The maximum atomic E-state index is 14.4. The summed E-state index contributed by atoms with van der Waals surface area (Å²) >= 11 is 0. The number of carbonyl (C=O) groups is 4. The van der Waals surface area contributed by atoms with Gasteiger partial charge in [-0.1, -0.05) is 145 Å². The van der Waals surface area contributed by atoms with Gasteiger partial charge in [-0.2, -0.15) is 0 Å². The lowest BCUT2D eigenvalue weighted by molar-refractivity contribution is -0.340. The first-order valence-electron chi connectivity index (χ1n) is 28.0. The summed E-state index contributed by atoms with van der Waals surface area (Å²) in [5.41, 5.74) is 1.36. The predicted molar refractivity (Wildman–Crippen MR) is 290 cm³/mol. The van der Waals surface area contributed by atoms with E-state index in [0.29, 0.717) is 19.8 Å². The van der Waals surface area contributed by atoms with E-state index < -0.39 is 104 Å². The molecule has 0 spiro atoms. The minimum Gasteiger partial charge on any atom is -0.459 e. The summed E-state index contributed by atoms with van der Waals surface area (Å²) in [4.78, 5) is 56.1. The second-order valence-corrected chi connectivity index (χ2v) is 19.9. The van der Waals surface area contributed by atoms with Crippen molar-refractivity contribution in [3.05, 3.63) is 144 Å². The average Bonchev–Trinajstić information content (AvgIpc) is 3.48. The number of hydrogen-bond donors (Lipinski definition) is 0. The van der Waals surface area contributed by atoms with Gasteiger partial charge in [0.2, 0.25) is 0 Å². The van der Waals surface area contributed by atoms with Crippen molar-refractivity contribution >= 4 is 23.9 Å². The van der Waals surface area contributed by atoms with Gasteiger partial charge < -0.3 is 56.8 Å². The quantitative estimate of drug-likeness (QED) is 0.0256. The maximum Gasteiger partial charge on any atom is 0.338 e. The molecule has 0 radical (unpaired) electrons. The van der Waals surface area contributed by atoms with Gasteiger partial charge in [-0.15, -0.1) is 0 Å². The first-order valence-corrected chi connectivity index (χ1v) is 28.0. The monoisotopic (exact) mass is 1080 g/mol. The van der Waals surface area contributed by atoms with Crippen LogP contribution in [0.25, 0.3) is 0 Å². The van der Waals surface area contributed by atoms with Crippen LogP contribution >= 0.6 is 0 Å². The smallest absolute Gasteiger partial charge is 0.338 e. The molecule has 0 aliphatic carbocycles. The van der Waals surface area contributed by atoms with Gasteiger partial charge in [0.15, 0.2) is 30.9 Å². The molecule has 6 rings (SSSR count). The van der Waals surface area contributed by atoms with Crippen LogP contribution in [0, 0.1) is 5.92 Å². The van der Waals surface area contributed by atoms with E-state index in [1.165, 1.54) is 6.92 Å². The highest BCUT2D eigenvalue weighted by atomic mass is 16.8. The van der Waals surface area contributed by atoms with Crippen molar-refractivity contribution in [3.63, 3.8) is 0 Å². The van der Waals surface area contributed by atoms with Crippen LogP contribution in [0.5, 0.6) is 0 Å². The largest absolute Gasteiger partial charge is 0.459 e. The molecule has 13 atom stereocenters. The lowest BCUT2D eigenvalue weighted by atomic mass is 9.96. The molecule has 4 aromatic carbocycles. The SMILES string of the molecule is CCCCOC1C(C)OC(OC(COC2OC(COC(=O)c3ccccc3)C(OC(=O)c3ccccc3)C(O[C@@H](C)C(=O)OCc3ccccc3)C2OC(=O)c2ccccc2)C(C)CCC)C(OCCCC)C1OCCCC. The Balaban J connectivity index is 1.40. The number of rotatable bonds is 32. The molecule has 0 aromatic heterocycles. The highest BCUT2D eigenvalue weighted by Crippen LogP contribution is 2.35. The molecule has 2 saturated heterocycles. The molecule has 0 N–H and O–H groups in total. The Morgan fingerprint density at radius 2 is 1.00 bits per heavy atom. The molecule has 0 saturated carbocycles. The molecule has 16 heteroatoms. The number of unbranched alkanes of at least 4 members (excludes halogenated alkanes) is 3. The fourth-order valence-electron chi connectivity index (χ4n) is 9.16. The van der Waals surface area contributed by atoms with Crippen LogP contribution < -0.4 is 0 Å². The van der Waals surface area contributed by atoms with Crippen molar-refractivity contribution in [1.82, 2.24) is 0 Å². The molecule has 426 valence electrons. The Morgan fingerprint density at radius 3 is 1.54 bits per heavy atom. The molecule has 2 fully saturated rings. The zero-order valence-electron chi connectivity index (χ0n) is 46.5. The molecular formula is C62H82O16. The third kappa shape index (κ3) is 18.5. The van der Waals surface area contributed by atoms with Gasteiger partial charge in [-0.25, -0.2) is 19.2 Å². The first-order chi connectivity index (χ1) is 38.0. The fraction of sp³-hybridized carbons (Fsp3) is 0.548. The zero-order valence-corrected chi connectivity index (χ0v) is 46.5. The topological polar surface area (TPSA) is 179 Å². The summed E-state index contributed by atoms with van der Waals surface area (Å²) in [5.74, 6) is -3.18. The third-order valence-electron chi connectivity index (χ3n) is 13.7. The number of benzene rings is 4. The summed E-state index contributed by atoms with van der Waals surface area (Å²) in [7, 11) is 0. The number of carbonyl (C=O) groups excluding carboxylic acids is 4. The number of hydrogen-bond acceptors (Lipinski definition) is 16. The van der Waals surface area contributed by atoms with E-state index in [2.05, 4.69) is 34.6 Å². The fourth-order valence-corrected chi connectivity index (χ4v) is 9.16. The van der Waals surface area contributed by atoms with Crippen LogP contribution in [0.4, 0.5) is 0 Å². The van der Waals surface area contributed by atoms with Crippen LogP contribution in [0.1, 0.15) is 136 Å². The molecule has 16 nitrogen and oxygen atoms in total. The number of esters is 4. The third-order valence-corrected chi connectivity index (χ3v) is 13.7. The standard InChI is InChI=1S/C62H82O16/c1-8-12-36-67-51-43(6)74-62(55(69-38-14-10-3)53(51)68-37-13-9-2)75-49(42(5)27-11-4)40-72-61-56(78-60(66)48-34-25-18-26-35-48)54(73-44(7)57(63)70-39-45-28-19-15-20-29-45)52(77-59(65)47-32-23-17-24-33-47)50(76-61)41-71-58(64)46-30-21-16-22-31-46/h15-26,28-35,42-44,49-56,61-62H,8-14,27,36-41H2,1-7H3/t42?,43?,44-,49?,50?,51?,52?,53?,54?,55?,56?,61?,62?/m0/s1. The molecule has 0 bridgehead atoms. The highest BCUT2D eigenvalue weighted by molar-refractivity contribution is 5.90. The van der Waals surface area contributed by atoms with Crippen molar-refractivity contribution in [2.45, 2.75) is 180 Å². The van der Waals surface area contributed by atoms with E-state index in [-0.39, 0.29) is 35.8 Å². The Morgan fingerprint density at radius 1 is 0.500 bits per heavy atom. The minimum absolute atomic E-state index is 0.0622. The Bertz CT molecular complexity index is 2340. The lowest BCUT2D eigenvalue weighted by Crippen LogP contribution is -2.64. The van der Waals surface area contributed by atoms with Gasteiger partial charge in [0.25, 0.3) is 0 Å². The molecule has 0 amide bonds. The van der Waals surface area contributed by atoms with Crippen LogP contribution in [0.3, 0.4) is 0 Å². The second-order valence-electron chi connectivity index (χ2n) is 19.9. The van der Waals surface area contributed by atoms with E-state index in [1.807, 2.05) is 37.3 Å². The van der Waals surface area contributed by atoms with E-state index in [0.717, 1.165) is 56.9 Å². The normalized spacial score (nSPS) is 24.3. The summed E-state index contributed by atoms with van der Waals surface area (Å²) in [6, 6.07) is 34.1. The zero-order chi connectivity index (χ0) is 55.7. The first kappa shape index (κ1) is 61.6. The molecular weight excluding hydrogens is 1000 g/mol. The van der Waals surface area contributed by atoms with Crippen molar-refractivity contribution in [3.8, 4) is 0 Å². The molecule has 2 aliphatic heterocycles. The van der Waals surface area contributed by atoms with Crippen molar-refractivity contribution in [1.29, 1.82) is 0 Å². The second kappa shape index (κ2) is 33.1. The van der Waals surface area contributed by atoms with E-state index >= 15 is 0 Å². The highest BCUT2D eigenvalue weighted by Gasteiger charge is 2.54. The molecule has 2 heterocycles. The van der Waals surface area contributed by atoms with Crippen molar-refractivity contribution in [2.75, 3.05) is 33.0 Å². The van der Waals surface area contributed by atoms with E-state index in [4.69, 9.17) is 56.8 Å². The molecule has 12 unspecified atom stereocenters. The Labute approximate surface area is 460 Å². The van der Waals surface area contributed by atoms with Gasteiger partial charge in [-0.3, -0.25) is 0 Å². The average molecular weight is 1080 g/mol. The van der Waals surface area contributed by atoms with E-state index in [9.17, 15) is 19.2 Å². The molecule has 2 aliphatic rings. The summed E-state index contributed by atoms with van der Waals surface area (Å²) in [6.07, 6.45) is -5.58. The van der Waals surface area contributed by atoms with Crippen LogP contribution in [-0.4, -0.2) is 131 Å². The minimum atomic E-state index is -1.55. The van der Waals surface area contributed by atoms with Gasteiger partial charge in [0.1, 0.15) is 43.7 Å². The molecule has 78 heavy (non-hydrogen) atoms. The summed E-state index contributed by atoms with van der Waals surface area (Å²) in [6.45, 7) is 14.7. The number of ether oxygens (including phenoxy) is 12. The molecule has 4 aromatic rings. The van der Waals surface area contributed by atoms with Crippen LogP contribution in [-0.2, 0) is 68.2 Å². The van der Waals surface area contributed by atoms with Gasteiger partial charge in [0.05, 0.1) is 35.5 Å². The van der Waals surface area contributed by atoms with Gasteiger partial charge >= 0.3 is 23.9 Å². The van der Waals surface area contributed by atoms with E-state index in [1.54, 1.807) is 91.0 Å². The van der Waals surface area contributed by atoms with Crippen molar-refractivity contribution in [2.24, 2.45) is 5.92 Å². The summed E-state index contributed by atoms with van der Waals surface area (Å²) < 4.78 is 78.2. The lowest BCUT2D eigenvalue weighted by Gasteiger charge is -2.47. The van der Waals surface area contributed by atoms with Crippen LogP contribution in [0.2, 0.25) is 0 Å². The Hall–Kier alpha value is -5.56. The maximum absolute atomic E-state index is 14.4. The van der Waals surface area contributed by atoms with Gasteiger partial charge in [-0.05, 0) is 87.4 Å². The Kier molecular flexibility index (Phi) is 26.2. The summed E-state index contributed by atoms with van der Waals surface area (Å²) in [5, 5.41) is 0. The van der Waals surface area contributed by atoms with Crippen molar-refractivity contribution < 1.29 is 76.0 Å². The van der Waals surface area contributed by atoms with Crippen LogP contribution in [0.15, 0.2) is 121 Å².